The van der Waals surface area contributed by atoms with Crippen molar-refractivity contribution in [2.45, 2.75) is 56.8 Å². The molecule has 0 spiro atoms. The minimum absolute atomic E-state index is 0.108. The average molecular weight is 647 g/mol. The van der Waals surface area contributed by atoms with Crippen LogP contribution in [0, 0.1) is 0 Å². The number of urea groups is 1. The molecule has 3 saturated heterocycles. The van der Waals surface area contributed by atoms with E-state index in [0.29, 0.717) is 66.4 Å². The summed E-state index contributed by atoms with van der Waals surface area (Å²) in [5.41, 5.74) is 2.20. The van der Waals surface area contributed by atoms with Gasteiger partial charge in [0.1, 0.15) is 17.9 Å². The molecule has 14 nitrogen and oxygen atoms in total. The zero-order chi connectivity index (χ0) is 32.8. The molecule has 3 atom stereocenters. The Morgan fingerprint density at radius 3 is 2.64 bits per heavy atom. The van der Waals surface area contributed by atoms with Crippen molar-refractivity contribution in [3.05, 3.63) is 60.6 Å². The van der Waals surface area contributed by atoms with Crippen LogP contribution in [0.3, 0.4) is 0 Å². The summed E-state index contributed by atoms with van der Waals surface area (Å²) >= 11 is 0. The van der Waals surface area contributed by atoms with Gasteiger partial charge in [-0.15, -0.1) is 0 Å². The van der Waals surface area contributed by atoms with Gasteiger partial charge in [-0.25, -0.2) is 19.5 Å². The molecule has 47 heavy (non-hydrogen) atoms. The number of aromatic nitrogens is 1. The number of nitrogens with one attached hydrogen (secondary N) is 3. The number of hydrogen-bond donors (Lipinski definition) is 3. The number of imide groups is 1. The third-order valence-corrected chi connectivity index (χ3v) is 8.50. The zero-order valence-corrected chi connectivity index (χ0v) is 26.1. The van der Waals surface area contributed by atoms with Gasteiger partial charge >= 0.3 is 12.1 Å². The maximum atomic E-state index is 14.0. The monoisotopic (exact) mass is 646 g/mol. The van der Waals surface area contributed by atoms with E-state index in [9.17, 15) is 19.2 Å². The molecule has 6 rings (SSSR count). The lowest BCUT2D eigenvalue weighted by Gasteiger charge is -2.31. The molecule has 3 aliphatic rings. The largest absolute Gasteiger partial charge is 0.496 e. The van der Waals surface area contributed by atoms with Crippen molar-refractivity contribution < 1.29 is 37.8 Å². The lowest BCUT2D eigenvalue weighted by molar-refractivity contribution is -0.144. The molecule has 3 aliphatic heterocycles. The van der Waals surface area contributed by atoms with Gasteiger partial charge in [0.05, 0.1) is 44.7 Å². The van der Waals surface area contributed by atoms with Crippen molar-refractivity contribution in [1.82, 2.24) is 20.1 Å². The topological polar surface area (TPSA) is 165 Å². The van der Waals surface area contributed by atoms with Gasteiger partial charge in [0.25, 0.3) is 5.91 Å². The number of amides is 5. The summed E-state index contributed by atoms with van der Waals surface area (Å²) in [6, 6.07) is 10.4. The van der Waals surface area contributed by atoms with E-state index in [2.05, 4.69) is 20.9 Å². The Bertz CT molecular complexity index is 1590. The fourth-order valence-electron chi connectivity index (χ4n) is 6.15. The summed E-state index contributed by atoms with van der Waals surface area (Å²) in [7, 11) is 1.52. The highest BCUT2D eigenvalue weighted by Crippen LogP contribution is 2.32. The van der Waals surface area contributed by atoms with E-state index in [1.807, 2.05) is 0 Å². The predicted octanol–water partition coefficient (Wildman–Crippen LogP) is 3.99. The van der Waals surface area contributed by atoms with Gasteiger partial charge in [-0.2, -0.15) is 0 Å². The van der Waals surface area contributed by atoms with Gasteiger partial charge in [-0.05, 0) is 62.1 Å². The molecule has 3 fully saturated rings. The maximum Gasteiger partial charge on any atom is 0.417 e. The first kappa shape index (κ1) is 32.0. The SMILES string of the molecule is COc1cc(NC(=O)Nc2cccc(CN(C(=O)OC3CCOC3)C(=O)[C@@H]3CCCN3C(=O)[C@@H]3CCCN3)c2)ccc1-c1cnco1. The van der Waals surface area contributed by atoms with Crippen molar-refractivity contribution in [2.24, 2.45) is 0 Å². The smallest absolute Gasteiger partial charge is 0.417 e. The minimum atomic E-state index is -0.789. The number of hydrogen-bond acceptors (Lipinski definition) is 10. The molecule has 0 aliphatic carbocycles. The van der Waals surface area contributed by atoms with Gasteiger partial charge < -0.3 is 39.5 Å². The van der Waals surface area contributed by atoms with E-state index in [1.54, 1.807) is 53.6 Å². The molecule has 0 radical (unpaired) electrons. The first-order chi connectivity index (χ1) is 22.9. The van der Waals surface area contributed by atoms with E-state index in [1.165, 1.54) is 13.5 Å². The van der Waals surface area contributed by atoms with Gasteiger partial charge in [-0.3, -0.25) is 9.59 Å². The van der Waals surface area contributed by atoms with Crippen LogP contribution >= 0.6 is 0 Å². The molecule has 4 heterocycles. The summed E-state index contributed by atoms with van der Waals surface area (Å²) in [5.74, 6) is 0.417. The highest BCUT2D eigenvalue weighted by molar-refractivity contribution is 6.00. The Morgan fingerprint density at radius 1 is 1.06 bits per heavy atom. The lowest BCUT2D eigenvalue weighted by Crippen LogP contribution is -2.53. The molecule has 14 heteroatoms. The van der Waals surface area contributed by atoms with E-state index >= 15 is 0 Å². The zero-order valence-electron chi connectivity index (χ0n) is 26.1. The highest BCUT2D eigenvalue weighted by atomic mass is 16.6. The van der Waals surface area contributed by atoms with Crippen LogP contribution in [0.4, 0.5) is 21.0 Å². The van der Waals surface area contributed by atoms with E-state index in [4.69, 9.17) is 18.6 Å². The number of methoxy groups -OCH3 is 1. The summed E-state index contributed by atoms with van der Waals surface area (Å²) in [4.78, 5) is 60.3. The van der Waals surface area contributed by atoms with Crippen molar-refractivity contribution in [1.29, 1.82) is 0 Å². The Kier molecular flexibility index (Phi) is 9.97. The van der Waals surface area contributed by atoms with Crippen LogP contribution < -0.4 is 20.7 Å². The van der Waals surface area contributed by atoms with Gasteiger partial charge in [0, 0.05) is 30.4 Å². The summed E-state index contributed by atoms with van der Waals surface area (Å²) in [5, 5.41) is 8.78. The molecule has 1 unspecified atom stereocenters. The van der Waals surface area contributed by atoms with Crippen LogP contribution in [-0.4, -0.2) is 90.3 Å². The number of anilines is 2. The second kappa shape index (κ2) is 14.6. The second-order valence-electron chi connectivity index (χ2n) is 11.7. The molecular formula is C33H38N6O8. The van der Waals surface area contributed by atoms with Gasteiger partial charge in [-0.1, -0.05) is 12.1 Å². The number of benzene rings is 2. The Hall–Kier alpha value is -4.95. The summed E-state index contributed by atoms with van der Waals surface area (Å²) < 4.78 is 21.8. The van der Waals surface area contributed by atoms with Crippen LogP contribution in [0.5, 0.6) is 5.75 Å². The normalized spacial score (nSPS) is 20.5. The number of carbonyl (C=O) groups is 4. The number of nitrogens with zero attached hydrogens (tertiary/aromatic N) is 3. The van der Waals surface area contributed by atoms with Gasteiger partial charge in [0.15, 0.2) is 12.2 Å². The molecule has 3 aromatic rings. The average Bonchev–Trinajstić information content (AvgIpc) is 3.91. The third-order valence-electron chi connectivity index (χ3n) is 8.50. The van der Waals surface area contributed by atoms with Gasteiger partial charge in [0.2, 0.25) is 5.91 Å². The predicted molar refractivity (Wildman–Crippen MR) is 170 cm³/mol. The number of ether oxygens (including phenoxy) is 3. The maximum absolute atomic E-state index is 14.0. The fourth-order valence-corrected chi connectivity index (χ4v) is 6.15. The molecule has 2 aromatic carbocycles. The third kappa shape index (κ3) is 7.55. The second-order valence-corrected chi connectivity index (χ2v) is 11.7. The molecule has 0 saturated carbocycles. The van der Waals surface area contributed by atoms with Crippen LogP contribution in [0.25, 0.3) is 11.3 Å². The van der Waals surface area contributed by atoms with Crippen molar-refractivity contribution >= 4 is 35.3 Å². The van der Waals surface area contributed by atoms with Crippen LogP contribution in [0.15, 0.2) is 59.5 Å². The highest BCUT2D eigenvalue weighted by Gasteiger charge is 2.42. The Balaban J connectivity index is 1.15. The number of oxazole rings is 1. The first-order valence-electron chi connectivity index (χ1n) is 15.8. The first-order valence-corrected chi connectivity index (χ1v) is 15.8. The van der Waals surface area contributed by atoms with E-state index in [0.717, 1.165) is 24.3 Å². The number of likely N-dealkylation sites (tertiary alicyclic amines) is 1. The molecule has 0 bridgehead atoms. The summed E-state index contributed by atoms with van der Waals surface area (Å²) in [6.07, 6.45) is 4.93. The molecule has 248 valence electrons. The molecule has 1 aromatic heterocycles. The fraction of sp³-hybridized carbons (Fsp3) is 0.424. The quantitative estimate of drug-likeness (QED) is 0.310. The number of carbonyl (C=O) groups excluding carboxylic acids is 4. The lowest BCUT2D eigenvalue weighted by atomic mass is 10.1. The van der Waals surface area contributed by atoms with Crippen molar-refractivity contribution in [3.8, 4) is 17.1 Å². The molecule has 5 amide bonds. The van der Waals surface area contributed by atoms with E-state index in [-0.39, 0.29) is 25.1 Å². The minimum Gasteiger partial charge on any atom is -0.496 e. The molecular weight excluding hydrogens is 608 g/mol. The van der Waals surface area contributed by atoms with Crippen LogP contribution in [0.1, 0.15) is 37.7 Å². The Labute approximate surface area is 271 Å². The van der Waals surface area contributed by atoms with Crippen molar-refractivity contribution in [3.63, 3.8) is 0 Å². The number of rotatable bonds is 9. The Morgan fingerprint density at radius 2 is 1.91 bits per heavy atom. The van der Waals surface area contributed by atoms with Crippen molar-refractivity contribution in [2.75, 3.05) is 44.0 Å². The van der Waals surface area contributed by atoms with E-state index < -0.39 is 30.2 Å². The standard InChI is InChI=1S/C33H38N6O8/c1-44-28-16-23(9-10-25(28)29-17-34-20-46-29)37-32(42)36-22-6-2-5-21(15-22)18-39(33(43)47-24-11-14-45-19-24)31(41)27-8-4-13-38(27)30(40)26-7-3-12-35-26/h2,5-6,9-10,15-17,20,24,26-27,35H,3-4,7-8,11-14,18-19H2,1H3,(H2,36,37,42)/t24?,26-,27-/m0/s1. The van der Waals surface area contributed by atoms with Crippen LogP contribution in [-0.2, 0) is 25.6 Å². The molecule has 3 N–H and O–H groups in total. The van der Waals surface area contributed by atoms with Crippen LogP contribution in [0.2, 0.25) is 0 Å². The summed E-state index contributed by atoms with van der Waals surface area (Å²) in [6.45, 7) is 1.84.